The van der Waals surface area contributed by atoms with Crippen LogP contribution < -0.4 is 5.32 Å². The second-order valence-electron chi connectivity index (χ2n) is 7.47. The minimum atomic E-state index is -0.355. The second kappa shape index (κ2) is 8.14. The number of rotatable bonds is 5. The molecule has 0 radical (unpaired) electrons. The highest BCUT2D eigenvalue weighted by Gasteiger charge is 2.33. The summed E-state index contributed by atoms with van der Waals surface area (Å²) in [5.41, 5.74) is 3.32. The summed E-state index contributed by atoms with van der Waals surface area (Å²) in [7, 11) is 0. The molecular weight excluding hydrogens is 354 g/mol. The van der Waals surface area contributed by atoms with Crippen LogP contribution >= 0.6 is 0 Å². The Bertz CT molecular complexity index is 848. The maximum atomic E-state index is 12.9. The van der Waals surface area contributed by atoms with Crippen molar-refractivity contribution in [3.63, 3.8) is 0 Å². The number of aromatic nitrogens is 2. The summed E-state index contributed by atoms with van der Waals surface area (Å²) in [6.07, 6.45) is 1.03. The van der Waals surface area contributed by atoms with Gasteiger partial charge in [0.15, 0.2) is 0 Å². The van der Waals surface area contributed by atoms with Crippen molar-refractivity contribution in [3.05, 3.63) is 53.3 Å². The molecule has 7 nitrogen and oxygen atoms in total. The first-order chi connectivity index (χ1) is 13.6. The average Bonchev–Trinajstić information content (AvgIpc) is 3.11. The summed E-state index contributed by atoms with van der Waals surface area (Å²) < 4.78 is 2.01. The molecule has 1 aromatic heterocycles. The molecule has 1 aromatic carbocycles. The van der Waals surface area contributed by atoms with Gasteiger partial charge in [0.2, 0.25) is 11.8 Å². The van der Waals surface area contributed by atoms with Gasteiger partial charge in [-0.3, -0.25) is 19.2 Å². The number of hydrogen-bond acceptors (Lipinski definition) is 4. The fourth-order valence-corrected chi connectivity index (χ4v) is 4.09. The summed E-state index contributed by atoms with van der Waals surface area (Å²) in [5, 5.41) is 7.58. The Labute approximate surface area is 165 Å². The number of amides is 2. The predicted molar refractivity (Wildman–Crippen MR) is 106 cm³/mol. The summed E-state index contributed by atoms with van der Waals surface area (Å²) >= 11 is 0. The normalized spacial score (nSPS) is 20.0. The van der Waals surface area contributed by atoms with Gasteiger partial charge in [-0.15, -0.1) is 0 Å². The van der Waals surface area contributed by atoms with Gasteiger partial charge in [0.25, 0.3) is 0 Å². The van der Waals surface area contributed by atoms with Gasteiger partial charge < -0.3 is 10.2 Å². The lowest BCUT2D eigenvalue weighted by atomic mass is 10.1. The lowest BCUT2D eigenvalue weighted by molar-refractivity contribution is -0.139. The van der Waals surface area contributed by atoms with E-state index >= 15 is 0 Å². The first kappa shape index (κ1) is 18.7. The van der Waals surface area contributed by atoms with Gasteiger partial charge in [0, 0.05) is 26.1 Å². The van der Waals surface area contributed by atoms with E-state index in [1.807, 2.05) is 34.7 Å². The number of nitrogens with zero attached hydrogens (tertiary/aromatic N) is 4. The van der Waals surface area contributed by atoms with Crippen LogP contribution in [0.25, 0.3) is 0 Å². The third kappa shape index (κ3) is 3.94. The molecule has 0 unspecified atom stereocenters. The molecular formula is C21H27N5O2. The highest BCUT2D eigenvalue weighted by Crippen LogP contribution is 2.18. The van der Waals surface area contributed by atoms with E-state index < -0.39 is 0 Å². The Morgan fingerprint density at radius 1 is 1.21 bits per heavy atom. The zero-order valence-corrected chi connectivity index (χ0v) is 16.3. The van der Waals surface area contributed by atoms with Crippen LogP contribution in [-0.2, 0) is 29.1 Å². The molecule has 0 saturated carbocycles. The Kier molecular flexibility index (Phi) is 5.43. The van der Waals surface area contributed by atoms with Crippen LogP contribution in [0, 0.1) is 0 Å². The van der Waals surface area contributed by atoms with E-state index in [0.29, 0.717) is 26.2 Å². The lowest BCUT2D eigenvalue weighted by Crippen LogP contribution is -2.56. The largest absolute Gasteiger partial charge is 0.353 e. The molecule has 2 aliphatic heterocycles. The third-order valence-corrected chi connectivity index (χ3v) is 5.65. The Balaban J connectivity index is 1.40. The molecule has 1 N–H and O–H groups in total. The topological polar surface area (TPSA) is 70.5 Å². The molecule has 2 amide bonds. The van der Waals surface area contributed by atoms with E-state index in [-0.39, 0.29) is 24.3 Å². The van der Waals surface area contributed by atoms with E-state index in [1.165, 1.54) is 5.56 Å². The fraction of sp³-hybridized carbons (Fsp3) is 0.476. The van der Waals surface area contributed by atoms with Crippen molar-refractivity contribution in [3.8, 4) is 0 Å². The van der Waals surface area contributed by atoms with Gasteiger partial charge in [-0.25, -0.2) is 0 Å². The van der Waals surface area contributed by atoms with Crippen molar-refractivity contribution in [2.75, 3.05) is 26.2 Å². The zero-order valence-electron chi connectivity index (χ0n) is 16.3. The molecule has 148 valence electrons. The Hall–Kier alpha value is -2.67. The fourth-order valence-electron chi connectivity index (χ4n) is 4.09. The van der Waals surface area contributed by atoms with Crippen LogP contribution in [0.15, 0.2) is 36.4 Å². The van der Waals surface area contributed by atoms with Crippen molar-refractivity contribution >= 4 is 11.8 Å². The molecule has 1 fully saturated rings. The first-order valence-electron chi connectivity index (χ1n) is 10.0. The van der Waals surface area contributed by atoms with E-state index in [4.69, 9.17) is 5.10 Å². The van der Waals surface area contributed by atoms with Gasteiger partial charge in [-0.1, -0.05) is 37.3 Å². The van der Waals surface area contributed by atoms with Crippen molar-refractivity contribution in [1.29, 1.82) is 0 Å². The molecule has 4 rings (SSSR count). The predicted octanol–water partition coefficient (Wildman–Crippen LogP) is 1.03. The van der Waals surface area contributed by atoms with Crippen molar-refractivity contribution in [2.45, 2.75) is 38.9 Å². The molecule has 0 bridgehead atoms. The molecule has 0 aliphatic carbocycles. The highest BCUT2D eigenvalue weighted by atomic mass is 16.2. The SMILES string of the molecule is CCN1CCNC(=O)[C@H]1CC(=O)N1CCn2nc(Cc3ccccc3)cc2C1. The number of fused-ring (bicyclic) bond motifs is 1. The van der Waals surface area contributed by atoms with Crippen molar-refractivity contribution < 1.29 is 9.59 Å². The molecule has 3 heterocycles. The van der Waals surface area contributed by atoms with Gasteiger partial charge in [-0.05, 0) is 18.2 Å². The number of piperazine rings is 1. The summed E-state index contributed by atoms with van der Waals surface area (Å²) in [4.78, 5) is 29.0. The minimum Gasteiger partial charge on any atom is -0.353 e. The number of carbonyl (C=O) groups excluding carboxylic acids is 2. The number of hydrogen-bond donors (Lipinski definition) is 1. The van der Waals surface area contributed by atoms with E-state index in [1.54, 1.807) is 0 Å². The number of likely N-dealkylation sites (N-methyl/N-ethyl adjacent to an activating group) is 1. The van der Waals surface area contributed by atoms with Crippen LogP contribution in [-0.4, -0.2) is 63.6 Å². The molecule has 2 aromatic rings. The van der Waals surface area contributed by atoms with Crippen LogP contribution in [0.1, 0.15) is 30.3 Å². The quantitative estimate of drug-likeness (QED) is 0.840. The first-order valence-corrected chi connectivity index (χ1v) is 10.0. The van der Waals surface area contributed by atoms with Crippen LogP contribution in [0.2, 0.25) is 0 Å². The molecule has 1 atom stereocenters. The second-order valence-corrected chi connectivity index (χ2v) is 7.47. The minimum absolute atomic E-state index is 0.0337. The van der Waals surface area contributed by atoms with Gasteiger partial charge in [0.05, 0.1) is 36.9 Å². The Morgan fingerprint density at radius 3 is 2.82 bits per heavy atom. The number of nitrogens with one attached hydrogen (secondary N) is 1. The van der Waals surface area contributed by atoms with Gasteiger partial charge in [-0.2, -0.15) is 5.10 Å². The van der Waals surface area contributed by atoms with E-state index in [2.05, 4.69) is 28.4 Å². The van der Waals surface area contributed by atoms with Gasteiger partial charge in [0.1, 0.15) is 0 Å². The lowest BCUT2D eigenvalue weighted by Gasteiger charge is -2.35. The standard InChI is InChI=1S/C21H27N5O2/c1-2-24-9-8-22-21(28)19(24)14-20(27)25-10-11-26-18(15-25)13-17(23-26)12-16-6-4-3-5-7-16/h3-7,13,19H,2,8-12,14-15H2,1H3,(H,22,28)/t19-/m1/s1. The third-order valence-electron chi connectivity index (χ3n) is 5.65. The molecule has 2 aliphatic rings. The molecule has 0 spiro atoms. The van der Waals surface area contributed by atoms with E-state index in [9.17, 15) is 9.59 Å². The van der Waals surface area contributed by atoms with Crippen LogP contribution in [0.4, 0.5) is 0 Å². The number of carbonyl (C=O) groups is 2. The Morgan fingerprint density at radius 2 is 2.04 bits per heavy atom. The van der Waals surface area contributed by atoms with Crippen LogP contribution in [0.3, 0.4) is 0 Å². The van der Waals surface area contributed by atoms with Crippen molar-refractivity contribution in [2.24, 2.45) is 0 Å². The summed E-state index contributed by atoms with van der Waals surface area (Å²) in [6.45, 7) is 6.16. The van der Waals surface area contributed by atoms with E-state index in [0.717, 1.165) is 30.9 Å². The molecule has 1 saturated heterocycles. The van der Waals surface area contributed by atoms with Crippen LogP contribution in [0.5, 0.6) is 0 Å². The van der Waals surface area contributed by atoms with Crippen molar-refractivity contribution in [1.82, 2.24) is 24.9 Å². The molecule has 7 heteroatoms. The summed E-state index contributed by atoms with van der Waals surface area (Å²) in [6, 6.07) is 12.0. The highest BCUT2D eigenvalue weighted by molar-refractivity contribution is 5.88. The maximum Gasteiger partial charge on any atom is 0.237 e. The summed E-state index contributed by atoms with van der Waals surface area (Å²) in [5.74, 6) is 0.00575. The monoisotopic (exact) mass is 381 g/mol. The zero-order chi connectivity index (χ0) is 19.5. The smallest absolute Gasteiger partial charge is 0.237 e. The average molecular weight is 381 g/mol. The maximum absolute atomic E-state index is 12.9. The number of benzene rings is 1. The van der Waals surface area contributed by atoms with Gasteiger partial charge >= 0.3 is 0 Å². The molecule has 28 heavy (non-hydrogen) atoms.